The smallest absolute Gasteiger partial charge is 0.297 e. The molecule has 0 radical (unpaired) electrons. The zero-order valence-electron chi connectivity index (χ0n) is 13.9. The SMILES string of the molecule is COc1ccc(C=Nc2c(C)n(C)n(-c3ccccc3)c2=O)cc1. The average Bonchev–Trinajstić information content (AvgIpc) is 2.83. The molecule has 122 valence electrons. The maximum Gasteiger partial charge on any atom is 0.297 e. The van der Waals surface area contributed by atoms with Crippen LogP contribution in [0, 0.1) is 6.92 Å². The Labute approximate surface area is 140 Å². The molecule has 0 N–H and O–H groups in total. The Hall–Kier alpha value is -3.08. The molecule has 0 amide bonds. The van der Waals surface area contributed by atoms with Gasteiger partial charge in [-0.1, -0.05) is 18.2 Å². The number of hydrogen-bond donors (Lipinski definition) is 0. The lowest BCUT2D eigenvalue weighted by Crippen LogP contribution is -2.19. The minimum Gasteiger partial charge on any atom is -0.497 e. The minimum absolute atomic E-state index is 0.133. The highest BCUT2D eigenvalue weighted by Crippen LogP contribution is 2.17. The summed E-state index contributed by atoms with van der Waals surface area (Å²) in [5, 5.41) is 0. The molecule has 0 aliphatic carbocycles. The highest BCUT2D eigenvalue weighted by molar-refractivity contribution is 5.82. The Kier molecular flexibility index (Phi) is 4.33. The largest absolute Gasteiger partial charge is 0.497 e. The normalized spacial score (nSPS) is 11.1. The number of nitrogens with zero attached hydrogens (tertiary/aromatic N) is 3. The van der Waals surface area contributed by atoms with Gasteiger partial charge in [0.05, 0.1) is 18.5 Å². The summed E-state index contributed by atoms with van der Waals surface area (Å²) in [7, 11) is 3.48. The van der Waals surface area contributed by atoms with Gasteiger partial charge in [0, 0.05) is 13.3 Å². The summed E-state index contributed by atoms with van der Waals surface area (Å²) in [6, 6.07) is 17.1. The van der Waals surface area contributed by atoms with E-state index in [4.69, 9.17) is 4.74 Å². The van der Waals surface area contributed by atoms with Gasteiger partial charge in [-0.05, 0) is 48.9 Å². The van der Waals surface area contributed by atoms with E-state index < -0.39 is 0 Å². The van der Waals surface area contributed by atoms with E-state index in [2.05, 4.69) is 4.99 Å². The lowest BCUT2D eigenvalue weighted by atomic mass is 10.2. The van der Waals surface area contributed by atoms with Gasteiger partial charge < -0.3 is 4.74 Å². The van der Waals surface area contributed by atoms with Crippen LogP contribution in [0.5, 0.6) is 5.75 Å². The molecule has 5 heteroatoms. The summed E-state index contributed by atoms with van der Waals surface area (Å²) in [5.41, 5.74) is 2.85. The maximum atomic E-state index is 12.7. The second kappa shape index (κ2) is 6.58. The fourth-order valence-electron chi connectivity index (χ4n) is 2.53. The van der Waals surface area contributed by atoms with Crippen LogP contribution in [0.4, 0.5) is 5.69 Å². The number of para-hydroxylation sites is 1. The van der Waals surface area contributed by atoms with Crippen LogP contribution in [0.15, 0.2) is 64.4 Å². The van der Waals surface area contributed by atoms with Gasteiger partial charge in [0.25, 0.3) is 5.56 Å². The van der Waals surface area contributed by atoms with Crippen molar-refractivity contribution in [2.75, 3.05) is 7.11 Å². The summed E-state index contributed by atoms with van der Waals surface area (Å²) in [4.78, 5) is 17.2. The molecule has 0 spiro atoms. The monoisotopic (exact) mass is 321 g/mol. The van der Waals surface area contributed by atoms with E-state index in [-0.39, 0.29) is 5.56 Å². The van der Waals surface area contributed by atoms with Crippen LogP contribution in [0.1, 0.15) is 11.3 Å². The summed E-state index contributed by atoms with van der Waals surface area (Å²) >= 11 is 0. The maximum absolute atomic E-state index is 12.7. The molecule has 0 aliphatic heterocycles. The van der Waals surface area contributed by atoms with E-state index in [1.165, 1.54) is 0 Å². The topological polar surface area (TPSA) is 48.5 Å². The number of benzene rings is 2. The van der Waals surface area contributed by atoms with Gasteiger partial charge in [0.1, 0.15) is 5.75 Å². The molecular formula is C19H19N3O2. The molecule has 0 saturated heterocycles. The fourth-order valence-corrected chi connectivity index (χ4v) is 2.53. The van der Waals surface area contributed by atoms with E-state index in [9.17, 15) is 4.79 Å². The van der Waals surface area contributed by atoms with E-state index in [0.29, 0.717) is 5.69 Å². The Bertz CT molecular complexity index is 920. The van der Waals surface area contributed by atoms with Gasteiger partial charge in [0.2, 0.25) is 0 Å². The van der Waals surface area contributed by atoms with Gasteiger partial charge in [-0.3, -0.25) is 9.48 Å². The first-order valence-electron chi connectivity index (χ1n) is 7.64. The summed E-state index contributed by atoms with van der Waals surface area (Å²) in [5.74, 6) is 0.787. The molecule has 3 rings (SSSR count). The van der Waals surface area contributed by atoms with Gasteiger partial charge in [-0.15, -0.1) is 0 Å². The van der Waals surface area contributed by atoms with Crippen molar-refractivity contribution in [1.29, 1.82) is 0 Å². The van der Waals surface area contributed by atoms with Crippen LogP contribution in [0.25, 0.3) is 5.69 Å². The standard InChI is InChI=1S/C19H19N3O2/c1-14-18(20-13-15-9-11-17(24-3)12-10-15)19(23)22(21(14)2)16-7-5-4-6-8-16/h4-13H,1-3H3. The third-order valence-corrected chi connectivity index (χ3v) is 3.98. The van der Waals surface area contributed by atoms with Gasteiger partial charge in [0.15, 0.2) is 5.69 Å². The second-order valence-electron chi connectivity index (χ2n) is 5.44. The van der Waals surface area contributed by atoms with Crippen LogP contribution < -0.4 is 10.3 Å². The number of rotatable bonds is 4. The minimum atomic E-state index is -0.133. The van der Waals surface area contributed by atoms with Crippen molar-refractivity contribution in [2.24, 2.45) is 12.0 Å². The zero-order chi connectivity index (χ0) is 17.1. The van der Waals surface area contributed by atoms with Crippen molar-refractivity contribution < 1.29 is 4.74 Å². The molecule has 24 heavy (non-hydrogen) atoms. The van der Waals surface area contributed by atoms with Gasteiger partial charge >= 0.3 is 0 Å². The molecule has 0 atom stereocenters. The van der Waals surface area contributed by atoms with Gasteiger partial charge in [-0.2, -0.15) is 0 Å². The summed E-state index contributed by atoms with van der Waals surface area (Å²) in [6.45, 7) is 1.89. The third-order valence-electron chi connectivity index (χ3n) is 3.98. The molecule has 0 unspecified atom stereocenters. The molecule has 2 aromatic carbocycles. The zero-order valence-corrected chi connectivity index (χ0v) is 13.9. The first-order valence-corrected chi connectivity index (χ1v) is 7.64. The molecule has 3 aromatic rings. The van der Waals surface area contributed by atoms with Crippen molar-refractivity contribution in [3.05, 3.63) is 76.2 Å². The van der Waals surface area contributed by atoms with Crippen molar-refractivity contribution in [3.63, 3.8) is 0 Å². The quantitative estimate of drug-likeness (QED) is 0.693. The predicted octanol–water partition coefficient (Wildman–Crippen LogP) is 3.24. The first-order chi connectivity index (χ1) is 11.6. The lowest BCUT2D eigenvalue weighted by molar-refractivity contribution is 0.415. The Morgan fingerprint density at radius 1 is 1.04 bits per heavy atom. The van der Waals surface area contributed by atoms with Crippen LogP contribution in [0.2, 0.25) is 0 Å². The van der Waals surface area contributed by atoms with Crippen molar-refractivity contribution in [2.45, 2.75) is 6.92 Å². The van der Waals surface area contributed by atoms with E-state index in [1.54, 1.807) is 18.0 Å². The van der Waals surface area contributed by atoms with E-state index in [0.717, 1.165) is 22.7 Å². The Morgan fingerprint density at radius 2 is 1.71 bits per heavy atom. The van der Waals surface area contributed by atoms with Crippen molar-refractivity contribution >= 4 is 11.9 Å². The Balaban J connectivity index is 2.00. The number of methoxy groups -OCH3 is 1. The highest BCUT2D eigenvalue weighted by Gasteiger charge is 2.14. The molecule has 0 saturated carbocycles. The Morgan fingerprint density at radius 3 is 2.33 bits per heavy atom. The second-order valence-corrected chi connectivity index (χ2v) is 5.44. The predicted molar refractivity (Wildman–Crippen MR) is 96.0 cm³/mol. The van der Waals surface area contributed by atoms with Crippen LogP contribution in [-0.2, 0) is 7.05 Å². The van der Waals surface area contributed by atoms with E-state index in [1.807, 2.05) is 73.3 Å². The van der Waals surface area contributed by atoms with Crippen LogP contribution in [0.3, 0.4) is 0 Å². The molecule has 0 bridgehead atoms. The number of aliphatic imine (C=N–C) groups is 1. The average molecular weight is 321 g/mol. The van der Waals surface area contributed by atoms with Crippen LogP contribution >= 0.6 is 0 Å². The molecular weight excluding hydrogens is 302 g/mol. The molecule has 1 aromatic heterocycles. The van der Waals surface area contributed by atoms with Crippen molar-refractivity contribution in [3.8, 4) is 11.4 Å². The van der Waals surface area contributed by atoms with Gasteiger partial charge in [-0.25, -0.2) is 9.67 Å². The fraction of sp³-hybridized carbons (Fsp3) is 0.158. The number of hydrogen-bond acceptors (Lipinski definition) is 3. The van der Waals surface area contributed by atoms with E-state index >= 15 is 0 Å². The molecule has 1 heterocycles. The summed E-state index contributed by atoms with van der Waals surface area (Å²) < 4.78 is 8.58. The number of aromatic nitrogens is 2. The number of ether oxygens (including phenoxy) is 1. The van der Waals surface area contributed by atoms with Crippen LogP contribution in [-0.4, -0.2) is 22.7 Å². The first kappa shape index (κ1) is 15.8. The molecule has 5 nitrogen and oxygen atoms in total. The highest BCUT2D eigenvalue weighted by atomic mass is 16.5. The lowest BCUT2D eigenvalue weighted by Gasteiger charge is -2.07. The molecule has 0 aliphatic rings. The molecule has 0 fully saturated rings. The third kappa shape index (κ3) is 2.88. The van der Waals surface area contributed by atoms with Crippen molar-refractivity contribution in [1.82, 2.24) is 9.36 Å². The summed E-state index contributed by atoms with van der Waals surface area (Å²) in [6.07, 6.45) is 1.69.